The van der Waals surface area contributed by atoms with Crippen molar-refractivity contribution in [2.24, 2.45) is 0 Å². The van der Waals surface area contributed by atoms with Gasteiger partial charge in [0.15, 0.2) is 28.8 Å². The van der Waals surface area contributed by atoms with Crippen LogP contribution in [0.15, 0.2) is 48.8 Å². The molecule has 105 heavy (non-hydrogen) atoms. The van der Waals surface area contributed by atoms with E-state index in [1.807, 2.05) is 7.05 Å². The van der Waals surface area contributed by atoms with Gasteiger partial charge in [-0.1, -0.05) is 10.4 Å². The fraction of sp³-hybridized carbons (Fsp3) is 0.590. The minimum absolute atomic E-state index is 0.0342. The van der Waals surface area contributed by atoms with Crippen molar-refractivity contribution in [3.8, 4) is 46.0 Å². The number of aromatic nitrogens is 6. The first-order chi connectivity index (χ1) is 49.4. The SMILES string of the molecule is CNCCCc1c(OCCCCc2cn(CCCNC(=O)c3cc(OCCCS(=O)(=O)O)c(OCCCS(=O)(=O)O)c(OCCCS(=O)(=O)O)c3)nn2)cc(C(C)=O)cc1OCCCCc1cn(CCCNC(=O)c2cc(OCCCS(=O)(=O)O)c(OCCS(=O)(=O)O)c(OCCCS(=O)(=O)O)c2)nn1. The molecule has 0 aliphatic rings. The summed E-state index contributed by atoms with van der Waals surface area (Å²) in [5.41, 5.74) is 2.53. The van der Waals surface area contributed by atoms with E-state index < -0.39 is 114 Å². The predicted molar refractivity (Wildman–Crippen MR) is 377 cm³/mol. The number of benzene rings is 3. The maximum Gasteiger partial charge on any atom is 0.268 e. The first kappa shape index (κ1) is 88.0. The summed E-state index contributed by atoms with van der Waals surface area (Å²) in [7, 11) is -24.5. The van der Waals surface area contributed by atoms with Crippen molar-refractivity contribution < 1.29 is 130 Å². The Hall–Kier alpha value is -7.63. The molecule has 44 heteroatoms. The van der Waals surface area contributed by atoms with Gasteiger partial charge in [0.2, 0.25) is 11.5 Å². The number of ether oxygens (including phenoxy) is 8. The van der Waals surface area contributed by atoms with E-state index in [4.69, 9.17) is 37.9 Å². The smallest absolute Gasteiger partial charge is 0.268 e. The first-order valence-corrected chi connectivity index (χ1v) is 42.8. The molecule has 0 saturated carbocycles. The van der Waals surface area contributed by atoms with Crippen molar-refractivity contribution in [3.05, 3.63) is 82.4 Å². The van der Waals surface area contributed by atoms with Crippen molar-refractivity contribution in [1.82, 2.24) is 45.9 Å². The number of carbonyl (C=O) groups excluding carboxylic acids is 3. The third kappa shape index (κ3) is 37.0. The van der Waals surface area contributed by atoms with Crippen molar-refractivity contribution in [1.29, 1.82) is 0 Å². The fourth-order valence-electron chi connectivity index (χ4n) is 9.65. The summed E-state index contributed by atoms with van der Waals surface area (Å²) < 4.78 is 241. The molecule has 0 fully saturated rings. The van der Waals surface area contributed by atoms with Gasteiger partial charge < -0.3 is 53.8 Å². The number of amides is 2. The van der Waals surface area contributed by atoms with E-state index in [9.17, 15) is 92.2 Å². The van der Waals surface area contributed by atoms with Gasteiger partial charge in [-0.15, -0.1) is 10.2 Å². The number of Topliss-reactive ketones (excluding diaryl/α,β-unsaturated/α-hetero) is 1. The summed E-state index contributed by atoms with van der Waals surface area (Å²) in [6.45, 7) is 1.48. The summed E-state index contributed by atoms with van der Waals surface area (Å²) in [4.78, 5) is 39.8. The number of aryl methyl sites for hydroxylation is 4. The van der Waals surface area contributed by atoms with Crippen LogP contribution in [0.3, 0.4) is 0 Å². The van der Waals surface area contributed by atoms with Crippen molar-refractivity contribution >= 4 is 78.3 Å². The standard InChI is InChI=1S/C61H91N9O29S6/c1-45(71)46-37-52(92-23-5-3-15-49-43-69(67-65-49)21-8-19-63-60(72)47-39-54(94-25-10-31-100(74,75)76)58(98-29-14-35-104(86,87)88)55(40-47)95-26-11-32-101(77,78)79)51(17-7-18-62-2)53(38-46)93-24-6-4-16-50-44-70(68-66-50)22-9-20-64-61(73)48-41-56(96-27-12-33-102(80,81)82)59(99-30-36-105(89,90)91)57(42-48)97-28-13-34-103(83,84)85/h37-44,62H,3-36H2,1-2H3,(H,63,72)(H,64,73)(H,74,75,76)(H,77,78,79)(H,80,81,82)(H,83,84,85)(H,86,87,88)(H,89,90,91). The van der Waals surface area contributed by atoms with Crippen LogP contribution >= 0.6 is 0 Å². The van der Waals surface area contributed by atoms with Crippen LogP contribution in [0, 0.1) is 0 Å². The van der Waals surface area contributed by atoms with Crippen LogP contribution in [0.25, 0.3) is 0 Å². The Kier molecular flexibility index (Phi) is 36.2. The van der Waals surface area contributed by atoms with Crippen LogP contribution in [0.1, 0.15) is 132 Å². The zero-order valence-electron chi connectivity index (χ0n) is 57.9. The highest BCUT2D eigenvalue weighted by molar-refractivity contribution is 7.87. The summed E-state index contributed by atoms with van der Waals surface area (Å²) in [6.07, 6.45) is 8.28. The Labute approximate surface area is 609 Å². The Morgan fingerprint density at radius 1 is 0.371 bits per heavy atom. The predicted octanol–water partition coefficient (Wildman–Crippen LogP) is 3.22. The zero-order valence-corrected chi connectivity index (χ0v) is 62.8. The van der Waals surface area contributed by atoms with Crippen LogP contribution in [0.4, 0.5) is 0 Å². The molecule has 3 aromatic carbocycles. The molecule has 2 aromatic heterocycles. The number of carbonyl (C=O) groups is 3. The Morgan fingerprint density at radius 2 is 0.686 bits per heavy atom. The third-order valence-corrected chi connectivity index (χ3v) is 19.3. The summed E-state index contributed by atoms with van der Waals surface area (Å²) in [5.74, 6) is -5.81. The molecular weight excluding hydrogens is 1520 g/mol. The highest BCUT2D eigenvalue weighted by Gasteiger charge is 2.24. The largest absolute Gasteiger partial charge is 0.493 e. The van der Waals surface area contributed by atoms with Gasteiger partial charge >= 0.3 is 0 Å². The molecule has 5 aromatic rings. The van der Waals surface area contributed by atoms with E-state index in [0.717, 1.165) is 12.0 Å². The fourth-order valence-corrected chi connectivity index (χ4v) is 12.4. The van der Waals surface area contributed by atoms with Crippen LogP contribution in [-0.4, -0.2) is 239 Å². The second-order valence-corrected chi connectivity index (χ2v) is 33.1. The maximum atomic E-state index is 13.5. The minimum atomic E-state index is -4.51. The number of nitrogens with one attached hydrogen (secondary N) is 3. The van der Waals surface area contributed by atoms with E-state index in [2.05, 4.69) is 36.6 Å². The lowest BCUT2D eigenvalue weighted by molar-refractivity contribution is 0.0943. The molecule has 0 unspecified atom stereocenters. The highest BCUT2D eigenvalue weighted by Crippen LogP contribution is 2.41. The van der Waals surface area contributed by atoms with Gasteiger partial charge in [-0.2, -0.15) is 50.5 Å². The normalized spacial score (nSPS) is 12.2. The van der Waals surface area contributed by atoms with E-state index in [1.54, 1.807) is 33.9 Å². The molecular formula is C61H91N9O29S6. The van der Waals surface area contributed by atoms with Gasteiger partial charge in [-0.25, -0.2) is 0 Å². The quantitative estimate of drug-likeness (QED) is 0.0153. The Balaban J connectivity index is 1.11. The molecule has 0 bridgehead atoms. The van der Waals surface area contributed by atoms with E-state index in [0.29, 0.717) is 119 Å². The van der Waals surface area contributed by atoms with Crippen molar-refractivity contribution in [3.63, 3.8) is 0 Å². The van der Waals surface area contributed by atoms with Gasteiger partial charge in [0.25, 0.3) is 72.5 Å². The second kappa shape index (κ2) is 43.2. The zero-order chi connectivity index (χ0) is 77.3. The lowest BCUT2D eigenvalue weighted by Gasteiger charge is -2.18. The average molecular weight is 1610 g/mol. The topological polar surface area (TPSA) is 549 Å². The molecule has 0 saturated heterocycles. The number of nitrogens with zero attached hydrogens (tertiary/aromatic N) is 6. The number of hydrogen-bond donors (Lipinski definition) is 9. The Bertz CT molecular complexity index is 4230. The molecule has 0 atom stereocenters. The van der Waals surface area contributed by atoms with Gasteiger partial charge in [-0.05, 0) is 153 Å². The minimum Gasteiger partial charge on any atom is -0.493 e. The molecule has 38 nitrogen and oxygen atoms in total. The molecule has 0 spiro atoms. The molecule has 0 aliphatic carbocycles. The van der Waals surface area contributed by atoms with Crippen molar-refractivity contribution in [2.75, 3.05) is 114 Å². The van der Waals surface area contributed by atoms with E-state index in [-0.39, 0.29) is 130 Å². The second-order valence-electron chi connectivity index (χ2n) is 23.7. The summed E-state index contributed by atoms with van der Waals surface area (Å²) >= 11 is 0. The molecule has 5 rings (SSSR count). The summed E-state index contributed by atoms with van der Waals surface area (Å²) in [6, 6.07) is 8.38. The first-order valence-electron chi connectivity index (χ1n) is 33.2. The van der Waals surface area contributed by atoms with Gasteiger partial charge in [0, 0.05) is 60.8 Å². The van der Waals surface area contributed by atoms with Gasteiger partial charge in [0.05, 0.1) is 86.4 Å². The average Bonchev–Trinajstić information content (AvgIpc) is 1.74. The molecule has 9 N–H and O–H groups in total. The molecule has 590 valence electrons. The number of rotatable bonds is 56. The van der Waals surface area contributed by atoms with Crippen molar-refractivity contribution in [2.45, 2.75) is 116 Å². The monoisotopic (exact) mass is 1610 g/mol. The van der Waals surface area contributed by atoms with Crippen LogP contribution in [0.5, 0.6) is 46.0 Å². The number of unbranched alkanes of at least 4 members (excludes halogenated alkanes) is 2. The maximum absolute atomic E-state index is 13.5. The lowest BCUT2D eigenvalue weighted by Crippen LogP contribution is -2.25. The van der Waals surface area contributed by atoms with Crippen LogP contribution in [-0.2, 0) is 93.1 Å². The molecule has 2 amide bonds. The number of ketones is 1. The molecule has 0 aliphatic heterocycles. The molecule has 2 heterocycles. The van der Waals surface area contributed by atoms with Gasteiger partial charge in [-0.3, -0.25) is 51.1 Å². The molecule has 0 radical (unpaired) electrons. The van der Waals surface area contributed by atoms with Crippen LogP contribution < -0.4 is 53.8 Å². The Morgan fingerprint density at radius 3 is 1.02 bits per heavy atom. The van der Waals surface area contributed by atoms with E-state index >= 15 is 0 Å². The van der Waals surface area contributed by atoms with Gasteiger partial charge in [0.1, 0.15) is 23.9 Å². The van der Waals surface area contributed by atoms with Crippen LogP contribution in [0.2, 0.25) is 0 Å². The highest BCUT2D eigenvalue weighted by atomic mass is 32.2. The van der Waals surface area contributed by atoms with E-state index in [1.165, 1.54) is 31.2 Å². The third-order valence-electron chi connectivity index (χ3n) is 14.6. The summed E-state index contributed by atoms with van der Waals surface area (Å²) in [5, 5.41) is 25.7. The number of hydrogen-bond acceptors (Lipinski definition) is 28. The lowest BCUT2D eigenvalue weighted by atomic mass is 10.0.